The highest BCUT2D eigenvalue weighted by Gasteiger charge is 2.24. The zero-order valence-corrected chi connectivity index (χ0v) is 20.4. The number of pyridine rings is 2. The van der Waals surface area contributed by atoms with Gasteiger partial charge < -0.3 is 14.8 Å². The van der Waals surface area contributed by atoms with Crippen LogP contribution in [0.3, 0.4) is 0 Å². The molecule has 2 saturated heterocycles. The molecule has 6 heterocycles. The molecule has 4 aromatic heterocycles. The van der Waals surface area contributed by atoms with E-state index in [1.165, 1.54) is 51.5 Å². The standard InChI is InChI=1S/C26H33FN8/c1-32-18-19(15-30-32)22-14-20-23(17-28-22)31-26-24(20)25(21(27)16-29-26)35-12-10-34(11-13-35)9-5-8-33-6-3-2-4-7-33/h14-18H,2-13H2,1H3,(H,29,31). The summed E-state index contributed by atoms with van der Waals surface area (Å²) in [6.45, 7) is 8.36. The van der Waals surface area contributed by atoms with Crippen molar-refractivity contribution >= 4 is 27.6 Å². The van der Waals surface area contributed by atoms with Crippen LogP contribution in [0.2, 0.25) is 0 Å². The van der Waals surface area contributed by atoms with E-state index in [4.69, 9.17) is 0 Å². The first-order valence-electron chi connectivity index (χ1n) is 12.8. The van der Waals surface area contributed by atoms with Gasteiger partial charge in [0.15, 0.2) is 5.82 Å². The van der Waals surface area contributed by atoms with Gasteiger partial charge in [-0.2, -0.15) is 5.10 Å². The summed E-state index contributed by atoms with van der Waals surface area (Å²) in [5, 5.41) is 6.05. The third kappa shape index (κ3) is 4.50. The van der Waals surface area contributed by atoms with Crippen LogP contribution in [0, 0.1) is 5.82 Å². The van der Waals surface area contributed by atoms with E-state index >= 15 is 4.39 Å². The molecule has 2 aliphatic rings. The molecule has 0 aliphatic carbocycles. The topological polar surface area (TPSA) is 69.1 Å². The van der Waals surface area contributed by atoms with Crippen molar-refractivity contribution in [3.8, 4) is 11.3 Å². The Labute approximate surface area is 204 Å². The number of fused-ring (bicyclic) bond motifs is 3. The SMILES string of the molecule is Cn1cc(-c2cc3c(cn2)[nH]c2ncc(F)c(N4CCN(CCCN5CCCCC5)CC4)c23)cn1. The van der Waals surface area contributed by atoms with Crippen LogP contribution in [0.15, 0.2) is 30.9 Å². The summed E-state index contributed by atoms with van der Waals surface area (Å²) in [7, 11) is 1.89. The summed E-state index contributed by atoms with van der Waals surface area (Å²) in [5.41, 5.74) is 3.97. The zero-order chi connectivity index (χ0) is 23.8. The molecule has 2 aliphatic heterocycles. The summed E-state index contributed by atoms with van der Waals surface area (Å²) in [6, 6.07) is 2.02. The second-order valence-electron chi connectivity index (χ2n) is 9.91. The fraction of sp³-hybridized carbons (Fsp3) is 0.500. The van der Waals surface area contributed by atoms with Gasteiger partial charge in [0.2, 0.25) is 0 Å². The van der Waals surface area contributed by atoms with Crippen molar-refractivity contribution in [1.29, 1.82) is 0 Å². The number of nitrogens with one attached hydrogen (secondary N) is 1. The number of piperidine rings is 1. The lowest BCUT2D eigenvalue weighted by molar-refractivity contribution is 0.198. The van der Waals surface area contributed by atoms with Gasteiger partial charge in [-0.25, -0.2) is 9.37 Å². The molecule has 6 rings (SSSR count). The Morgan fingerprint density at radius 3 is 2.43 bits per heavy atom. The van der Waals surface area contributed by atoms with Crippen LogP contribution in [0.25, 0.3) is 33.2 Å². The molecular formula is C26H33FN8. The maximum atomic E-state index is 15.3. The quantitative estimate of drug-likeness (QED) is 0.458. The summed E-state index contributed by atoms with van der Waals surface area (Å²) in [5.74, 6) is -0.267. The van der Waals surface area contributed by atoms with Gasteiger partial charge in [-0.1, -0.05) is 6.42 Å². The molecule has 0 radical (unpaired) electrons. The van der Waals surface area contributed by atoms with Gasteiger partial charge in [-0.15, -0.1) is 0 Å². The van der Waals surface area contributed by atoms with E-state index in [1.807, 2.05) is 19.3 Å². The highest BCUT2D eigenvalue weighted by Crippen LogP contribution is 2.36. The van der Waals surface area contributed by atoms with Crippen LogP contribution in [0.4, 0.5) is 10.1 Å². The first-order valence-corrected chi connectivity index (χ1v) is 12.8. The molecule has 0 bridgehead atoms. The van der Waals surface area contributed by atoms with Gasteiger partial charge >= 0.3 is 0 Å². The van der Waals surface area contributed by atoms with Crippen molar-refractivity contribution in [2.45, 2.75) is 25.7 Å². The van der Waals surface area contributed by atoms with E-state index in [-0.39, 0.29) is 5.82 Å². The minimum absolute atomic E-state index is 0.267. The average molecular weight is 477 g/mol. The molecule has 4 aromatic rings. The van der Waals surface area contributed by atoms with Crippen molar-refractivity contribution < 1.29 is 4.39 Å². The number of likely N-dealkylation sites (tertiary alicyclic amines) is 1. The molecule has 1 N–H and O–H groups in total. The number of piperazine rings is 1. The van der Waals surface area contributed by atoms with Gasteiger partial charge in [0.25, 0.3) is 0 Å². The monoisotopic (exact) mass is 476 g/mol. The van der Waals surface area contributed by atoms with Crippen LogP contribution in [0.1, 0.15) is 25.7 Å². The molecule has 2 fully saturated rings. The number of anilines is 1. The van der Waals surface area contributed by atoms with E-state index in [2.05, 4.69) is 34.8 Å². The smallest absolute Gasteiger partial charge is 0.165 e. The van der Waals surface area contributed by atoms with Crippen molar-refractivity contribution in [1.82, 2.24) is 34.5 Å². The van der Waals surface area contributed by atoms with Crippen molar-refractivity contribution in [3.05, 3.63) is 36.7 Å². The summed E-state index contributed by atoms with van der Waals surface area (Å²) in [6.07, 6.45) is 12.2. The van der Waals surface area contributed by atoms with E-state index in [9.17, 15) is 0 Å². The van der Waals surface area contributed by atoms with Gasteiger partial charge in [0, 0.05) is 50.4 Å². The fourth-order valence-corrected chi connectivity index (χ4v) is 5.63. The molecule has 184 valence electrons. The molecular weight excluding hydrogens is 443 g/mol. The van der Waals surface area contributed by atoms with Crippen LogP contribution >= 0.6 is 0 Å². The number of rotatable bonds is 6. The van der Waals surface area contributed by atoms with Gasteiger partial charge in [0.1, 0.15) is 5.65 Å². The molecule has 9 heteroatoms. The highest BCUT2D eigenvalue weighted by atomic mass is 19.1. The number of hydrogen-bond donors (Lipinski definition) is 1. The van der Waals surface area contributed by atoms with Crippen molar-refractivity contribution in [2.75, 3.05) is 57.3 Å². The Kier molecular flexibility index (Phi) is 6.12. The summed E-state index contributed by atoms with van der Waals surface area (Å²) >= 11 is 0. The Bertz CT molecular complexity index is 1310. The molecule has 0 unspecified atom stereocenters. The van der Waals surface area contributed by atoms with E-state index < -0.39 is 0 Å². The lowest BCUT2D eigenvalue weighted by Crippen LogP contribution is -2.47. The maximum Gasteiger partial charge on any atom is 0.165 e. The number of nitrogens with zero attached hydrogens (tertiary/aromatic N) is 7. The Balaban J connectivity index is 1.21. The normalized spacial score (nSPS) is 18.2. The van der Waals surface area contributed by atoms with E-state index in [0.717, 1.165) is 60.3 Å². The second-order valence-corrected chi connectivity index (χ2v) is 9.91. The Morgan fingerprint density at radius 1 is 0.914 bits per heavy atom. The molecule has 0 spiro atoms. The first kappa shape index (κ1) is 22.4. The third-order valence-corrected chi connectivity index (χ3v) is 7.52. The average Bonchev–Trinajstić information content (AvgIpc) is 3.48. The Hall–Kier alpha value is -3.04. The number of halogens is 1. The largest absolute Gasteiger partial charge is 0.366 e. The van der Waals surface area contributed by atoms with Crippen LogP contribution in [0.5, 0.6) is 0 Å². The predicted molar refractivity (Wildman–Crippen MR) is 137 cm³/mol. The number of aryl methyl sites for hydroxylation is 1. The lowest BCUT2D eigenvalue weighted by Gasteiger charge is -2.37. The van der Waals surface area contributed by atoms with Gasteiger partial charge in [-0.05, 0) is 51.5 Å². The highest BCUT2D eigenvalue weighted by molar-refractivity contribution is 6.12. The number of hydrogen-bond acceptors (Lipinski definition) is 6. The molecule has 0 aromatic carbocycles. The van der Waals surface area contributed by atoms with Crippen LogP contribution < -0.4 is 4.90 Å². The molecule has 0 amide bonds. The molecule has 8 nitrogen and oxygen atoms in total. The van der Waals surface area contributed by atoms with Crippen LogP contribution in [-0.4, -0.2) is 86.9 Å². The van der Waals surface area contributed by atoms with Crippen molar-refractivity contribution in [3.63, 3.8) is 0 Å². The second kappa shape index (κ2) is 9.54. The Morgan fingerprint density at radius 2 is 1.69 bits per heavy atom. The van der Waals surface area contributed by atoms with Gasteiger partial charge in [-0.3, -0.25) is 14.6 Å². The maximum absolute atomic E-state index is 15.3. The summed E-state index contributed by atoms with van der Waals surface area (Å²) in [4.78, 5) is 19.6. The minimum atomic E-state index is -0.267. The number of H-pyrrole nitrogens is 1. The fourth-order valence-electron chi connectivity index (χ4n) is 5.63. The summed E-state index contributed by atoms with van der Waals surface area (Å²) < 4.78 is 17.0. The number of aromatic amines is 1. The minimum Gasteiger partial charge on any atom is -0.366 e. The van der Waals surface area contributed by atoms with Crippen molar-refractivity contribution in [2.24, 2.45) is 7.05 Å². The predicted octanol–water partition coefficient (Wildman–Crippen LogP) is 3.65. The number of aromatic nitrogens is 5. The zero-order valence-electron chi connectivity index (χ0n) is 20.4. The van der Waals surface area contributed by atoms with Crippen LogP contribution in [-0.2, 0) is 7.05 Å². The third-order valence-electron chi connectivity index (χ3n) is 7.52. The molecule has 0 atom stereocenters. The molecule has 0 saturated carbocycles. The lowest BCUT2D eigenvalue weighted by atomic mass is 10.1. The van der Waals surface area contributed by atoms with E-state index in [1.54, 1.807) is 17.1 Å². The first-order chi connectivity index (χ1) is 17.2. The van der Waals surface area contributed by atoms with Gasteiger partial charge in [0.05, 0.1) is 40.9 Å². The molecule has 35 heavy (non-hydrogen) atoms. The van der Waals surface area contributed by atoms with E-state index in [0.29, 0.717) is 11.3 Å².